The zero-order valence-electron chi connectivity index (χ0n) is 20.4. The topological polar surface area (TPSA) is 43.9 Å². The van der Waals surface area contributed by atoms with Crippen molar-refractivity contribution >= 4 is 23.1 Å². The second-order valence-electron chi connectivity index (χ2n) is 8.95. The van der Waals surface area contributed by atoms with E-state index < -0.39 is 11.6 Å². The highest BCUT2D eigenvalue weighted by Gasteiger charge is 2.20. The number of hydrogen-bond donors (Lipinski definition) is 0. The quantitative estimate of drug-likeness (QED) is 0.358. The second kappa shape index (κ2) is 12.1. The van der Waals surface area contributed by atoms with Gasteiger partial charge in [0.25, 0.3) is 0 Å². The zero-order valence-corrected chi connectivity index (χ0v) is 20.4. The van der Waals surface area contributed by atoms with Gasteiger partial charge in [0.1, 0.15) is 11.6 Å². The SMILES string of the molecule is CCCc1cc(C(C)=O)ccc1N(CCCCN1CCN(c2ccc(F)cc2F)CC1)C(C)=O. The largest absolute Gasteiger partial charge is 0.367 e. The van der Waals surface area contributed by atoms with Crippen molar-refractivity contribution in [1.29, 1.82) is 0 Å². The van der Waals surface area contributed by atoms with Crippen LogP contribution >= 0.6 is 0 Å². The fourth-order valence-electron chi connectivity index (χ4n) is 4.54. The lowest BCUT2D eigenvalue weighted by atomic mass is 10.0. The van der Waals surface area contributed by atoms with E-state index >= 15 is 0 Å². The van der Waals surface area contributed by atoms with E-state index in [0.717, 1.165) is 62.6 Å². The summed E-state index contributed by atoms with van der Waals surface area (Å²) in [6, 6.07) is 9.35. The van der Waals surface area contributed by atoms with E-state index in [-0.39, 0.29) is 11.7 Å². The zero-order chi connectivity index (χ0) is 24.7. The average Bonchev–Trinajstić information content (AvgIpc) is 2.80. The number of carbonyl (C=O) groups is 2. The molecule has 0 N–H and O–H groups in total. The summed E-state index contributed by atoms with van der Waals surface area (Å²) in [6.07, 6.45) is 3.57. The van der Waals surface area contributed by atoms with Crippen LogP contribution in [0.2, 0.25) is 0 Å². The lowest BCUT2D eigenvalue weighted by Gasteiger charge is -2.36. The Bertz CT molecular complexity index is 1000. The third kappa shape index (κ3) is 6.63. The number of hydrogen-bond acceptors (Lipinski definition) is 4. The molecule has 1 fully saturated rings. The van der Waals surface area contributed by atoms with Crippen LogP contribution in [0.1, 0.15) is 56.0 Å². The maximum Gasteiger partial charge on any atom is 0.223 e. The van der Waals surface area contributed by atoms with E-state index in [1.165, 1.54) is 12.1 Å². The number of benzene rings is 2. The fourth-order valence-corrected chi connectivity index (χ4v) is 4.54. The Morgan fingerprint density at radius 2 is 1.71 bits per heavy atom. The van der Waals surface area contributed by atoms with Crippen molar-refractivity contribution in [2.24, 2.45) is 0 Å². The summed E-state index contributed by atoms with van der Waals surface area (Å²) in [6.45, 7) is 9.82. The van der Waals surface area contributed by atoms with Gasteiger partial charge in [-0.2, -0.15) is 0 Å². The van der Waals surface area contributed by atoms with Crippen molar-refractivity contribution in [3.63, 3.8) is 0 Å². The molecule has 2 aromatic carbocycles. The molecule has 184 valence electrons. The lowest BCUT2D eigenvalue weighted by molar-refractivity contribution is -0.116. The minimum absolute atomic E-state index is 0.00265. The van der Waals surface area contributed by atoms with E-state index in [0.29, 0.717) is 30.9 Å². The van der Waals surface area contributed by atoms with Gasteiger partial charge in [0, 0.05) is 57.0 Å². The van der Waals surface area contributed by atoms with Gasteiger partial charge in [-0.3, -0.25) is 14.5 Å². The number of Topliss-reactive ketones (excluding diaryl/α,β-unsaturated/α-hetero) is 1. The van der Waals surface area contributed by atoms with Crippen LogP contribution in [0.4, 0.5) is 20.2 Å². The van der Waals surface area contributed by atoms with Gasteiger partial charge in [-0.05, 0) is 68.6 Å². The molecule has 1 amide bonds. The highest BCUT2D eigenvalue weighted by molar-refractivity contribution is 5.96. The smallest absolute Gasteiger partial charge is 0.223 e. The van der Waals surface area contributed by atoms with Crippen molar-refractivity contribution in [2.75, 3.05) is 49.1 Å². The Balaban J connectivity index is 1.51. The maximum atomic E-state index is 14.1. The van der Waals surface area contributed by atoms with Gasteiger partial charge in [0.05, 0.1) is 5.69 Å². The van der Waals surface area contributed by atoms with Gasteiger partial charge < -0.3 is 9.80 Å². The molecule has 1 aliphatic rings. The normalized spacial score (nSPS) is 14.3. The molecule has 7 heteroatoms. The van der Waals surface area contributed by atoms with E-state index in [9.17, 15) is 18.4 Å². The average molecular weight is 472 g/mol. The first-order valence-electron chi connectivity index (χ1n) is 12.1. The van der Waals surface area contributed by atoms with Crippen LogP contribution in [-0.2, 0) is 11.2 Å². The molecule has 3 rings (SSSR count). The predicted molar refractivity (Wildman–Crippen MR) is 133 cm³/mol. The number of unbranched alkanes of at least 4 members (excludes halogenated alkanes) is 1. The molecule has 0 spiro atoms. The van der Waals surface area contributed by atoms with Crippen molar-refractivity contribution < 1.29 is 18.4 Å². The predicted octanol–water partition coefficient (Wildman–Crippen LogP) is 5.08. The highest BCUT2D eigenvalue weighted by atomic mass is 19.1. The first kappa shape index (κ1) is 25.8. The summed E-state index contributed by atoms with van der Waals surface area (Å²) >= 11 is 0. The minimum atomic E-state index is -0.559. The molecule has 5 nitrogen and oxygen atoms in total. The third-order valence-electron chi connectivity index (χ3n) is 6.41. The van der Waals surface area contributed by atoms with Crippen molar-refractivity contribution in [2.45, 2.75) is 46.5 Å². The number of aryl methyl sites for hydroxylation is 1. The van der Waals surface area contributed by atoms with Crippen molar-refractivity contribution in [3.05, 3.63) is 59.2 Å². The molecule has 0 atom stereocenters. The molecular weight excluding hydrogens is 436 g/mol. The lowest BCUT2D eigenvalue weighted by Crippen LogP contribution is -2.47. The fraction of sp³-hybridized carbons (Fsp3) is 0.481. The van der Waals surface area contributed by atoms with Gasteiger partial charge >= 0.3 is 0 Å². The summed E-state index contributed by atoms with van der Waals surface area (Å²) in [5.41, 5.74) is 3.07. The molecular formula is C27H35F2N3O2. The van der Waals surface area contributed by atoms with Crippen molar-refractivity contribution in [1.82, 2.24) is 4.90 Å². The molecule has 1 aliphatic heterocycles. The number of rotatable bonds is 10. The van der Waals surface area contributed by atoms with E-state index in [4.69, 9.17) is 0 Å². The van der Waals surface area contributed by atoms with Gasteiger partial charge in [-0.1, -0.05) is 13.3 Å². The van der Waals surface area contributed by atoms with Crippen LogP contribution in [-0.4, -0.2) is 55.9 Å². The van der Waals surface area contributed by atoms with E-state index in [2.05, 4.69) is 11.8 Å². The van der Waals surface area contributed by atoms with Crippen molar-refractivity contribution in [3.8, 4) is 0 Å². The summed E-state index contributed by atoms with van der Waals surface area (Å²) in [5, 5.41) is 0. The number of carbonyl (C=O) groups excluding carboxylic acids is 2. The molecule has 0 aromatic heterocycles. The Hall–Kier alpha value is -2.80. The van der Waals surface area contributed by atoms with Crippen LogP contribution in [0.25, 0.3) is 0 Å². The Morgan fingerprint density at radius 1 is 0.971 bits per heavy atom. The number of piperazine rings is 1. The molecule has 1 saturated heterocycles. The highest BCUT2D eigenvalue weighted by Crippen LogP contribution is 2.25. The van der Waals surface area contributed by atoms with Crippen LogP contribution < -0.4 is 9.80 Å². The van der Waals surface area contributed by atoms with Gasteiger partial charge in [0.15, 0.2) is 5.78 Å². The molecule has 0 bridgehead atoms. The van der Waals surface area contributed by atoms with E-state index in [1.807, 2.05) is 21.9 Å². The third-order valence-corrected chi connectivity index (χ3v) is 6.41. The van der Waals surface area contributed by atoms with Crippen LogP contribution in [0, 0.1) is 11.6 Å². The van der Waals surface area contributed by atoms with Gasteiger partial charge in [0.2, 0.25) is 5.91 Å². The summed E-state index contributed by atoms with van der Waals surface area (Å²) in [4.78, 5) is 30.3. The number of nitrogens with zero attached hydrogens (tertiary/aromatic N) is 3. The number of anilines is 2. The second-order valence-corrected chi connectivity index (χ2v) is 8.95. The van der Waals surface area contributed by atoms with E-state index in [1.54, 1.807) is 19.9 Å². The molecule has 34 heavy (non-hydrogen) atoms. The summed E-state index contributed by atoms with van der Waals surface area (Å²) < 4.78 is 27.2. The first-order chi connectivity index (χ1) is 16.3. The molecule has 2 aromatic rings. The maximum absolute atomic E-state index is 14.1. The minimum Gasteiger partial charge on any atom is -0.367 e. The Morgan fingerprint density at radius 3 is 2.32 bits per heavy atom. The number of amides is 1. The number of halogens is 2. The first-order valence-corrected chi connectivity index (χ1v) is 12.1. The molecule has 0 saturated carbocycles. The Labute approximate surface area is 201 Å². The van der Waals surface area contributed by atoms with Gasteiger partial charge in [-0.25, -0.2) is 8.78 Å². The molecule has 0 aliphatic carbocycles. The molecule has 0 radical (unpaired) electrons. The van der Waals surface area contributed by atoms with Crippen LogP contribution in [0.5, 0.6) is 0 Å². The summed E-state index contributed by atoms with van der Waals surface area (Å²) in [5.74, 6) is -1.05. The van der Waals surface area contributed by atoms with Gasteiger partial charge in [-0.15, -0.1) is 0 Å². The standard InChI is InChI=1S/C27H35F2N3O2/c1-4-7-23-18-22(20(2)33)8-10-26(23)32(21(3)34)13-6-5-12-30-14-16-31(17-15-30)27-11-9-24(28)19-25(27)29/h8-11,18-19H,4-7,12-17H2,1-3H3. The monoisotopic (exact) mass is 471 g/mol. The van der Waals surface area contributed by atoms with Crippen LogP contribution in [0.15, 0.2) is 36.4 Å². The summed E-state index contributed by atoms with van der Waals surface area (Å²) in [7, 11) is 0. The Kier molecular flexibility index (Phi) is 9.16. The number of ketones is 1. The molecule has 0 unspecified atom stereocenters. The molecule has 1 heterocycles. The van der Waals surface area contributed by atoms with Crippen LogP contribution in [0.3, 0.4) is 0 Å².